The van der Waals surface area contributed by atoms with Gasteiger partial charge in [0.25, 0.3) is 5.91 Å². The second kappa shape index (κ2) is 5.40. The Balaban J connectivity index is 1.38. The molecule has 0 unspecified atom stereocenters. The van der Waals surface area contributed by atoms with Crippen LogP contribution in [-0.2, 0) is 0 Å². The third-order valence-corrected chi connectivity index (χ3v) is 4.21. The van der Waals surface area contributed by atoms with Crippen molar-refractivity contribution in [2.45, 2.75) is 18.8 Å². The van der Waals surface area contributed by atoms with Crippen molar-refractivity contribution in [3.05, 3.63) is 35.9 Å². The monoisotopic (exact) mass is 299 g/mol. The fourth-order valence-corrected chi connectivity index (χ4v) is 2.72. The number of carbonyl (C=O) groups excluding carboxylic acids is 1. The Kier molecular flexibility index (Phi) is 3.25. The molecule has 0 bridgehead atoms. The number of anilines is 1. The third kappa shape index (κ3) is 2.54. The number of hydrogen-bond donors (Lipinski definition) is 0. The van der Waals surface area contributed by atoms with Gasteiger partial charge < -0.3 is 14.3 Å². The Morgan fingerprint density at radius 2 is 1.91 bits per heavy atom. The highest BCUT2D eigenvalue weighted by Gasteiger charge is 2.27. The number of nitrogens with zero attached hydrogens (tertiary/aromatic N) is 5. The molecule has 1 amide bonds. The number of amides is 1. The molecule has 1 aliphatic carbocycles. The SMILES string of the molecule is O=C(c1ccno1)N1CCN(c2ccc(C3CC3)nn2)CC1. The van der Waals surface area contributed by atoms with Gasteiger partial charge in [-0.15, -0.1) is 5.10 Å². The minimum atomic E-state index is -0.104. The van der Waals surface area contributed by atoms with E-state index in [2.05, 4.69) is 26.3 Å². The van der Waals surface area contributed by atoms with E-state index in [1.165, 1.54) is 19.0 Å². The van der Waals surface area contributed by atoms with Crippen LogP contribution in [0.25, 0.3) is 0 Å². The van der Waals surface area contributed by atoms with Crippen molar-refractivity contribution in [1.29, 1.82) is 0 Å². The summed E-state index contributed by atoms with van der Waals surface area (Å²) in [6.07, 6.45) is 3.95. The van der Waals surface area contributed by atoms with Crippen LogP contribution in [-0.4, -0.2) is 52.3 Å². The van der Waals surface area contributed by atoms with Crippen LogP contribution in [0.5, 0.6) is 0 Å². The Morgan fingerprint density at radius 3 is 2.50 bits per heavy atom. The van der Waals surface area contributed by atoms with Gasteiger partial charge in [0.05, 0.1) is 11.9 Å². The molecule has 7 heteroatoms. The molecule has 2 aromatic rings. The molecule has 1 saturated carbocycles. The van der Waals surface area contributed by atoms with Gasteiger partial charge in [-0.3, -0.25) is 4.79 Å². The van der Waals surface area contributed by atoms with Gasteiger partial charge in [-0.2, -0.15) is 5.10 Å². The second-order valence-electron chi connectivity index (χ2n) is 5.75. The minimum absolute atomic E-state index is 0.104. The molecule has 7 nitrogen and oxygen atoms in total. The second-order valence-corrected chi connectivity index (χ2v) is 5.75. The zero-order chi connectivity index (χ0) is 14.9. The first-order valence-corrected chi connectivity index (χ1v) is 7.60. The summed E-state index contributed by atoms with van der Waals surface area (Å²) in [5, 5.41) is 12.2. The average molecular weight is 299 g/mol. The summed E-state index contributed by atoms with van der Waals surface area (Å²) < 4.78 is 4.92. The van der Waals surface area contributed by atoms with Gasteiger partial charge in [0.1, 0.15) is 0 Å². The maximum atomic E-state index is 12.2. The molecule has 0 N–H and O–H groups in total. The number of rotatable bonds is 3. The average Bonchev–Trinajstić information content (AvgIpc) is 3.29. The van der Waals surface area contributed by atoms with Crippen LogP contribution in [0.1, 0.15) is 35.0 Å². The quantitative estimate of drug-likeness (QED) is 0.850. The summed E-state index contributed by atoms with van der Waals surface area (Å²) in [7, 11) is 0. The molecule has 4 rings (SSSR count). The number of hydrogen-bond acceptors (Lipinski definition) is 6. The summed E-state index contributed by atoms with van der Waals surface area (Å²) in [5.74, 6) is 1.70. The standard InChI is InChI=1S/C15H17N5O2/c21-15(13-5-6-16-22-13)20-9-7-19(8-10-20)14-4-3-12(17-18-14)11-1-2-11/h3-6,11H,1-2,7-10H2. The topological polar surface area (TPSA) is 75.4 Å². The lowest BCUT2D eigenvalue weighted by molar-refractivity contribution is 0.0704. The first kappa shape index (κ1) is 13.2. The molecule has 2 aromatic heterocycles. The largest absolute Gasteiger partial charge is 0.352 e. The van der Waals surface area contributed by atoms with Crippen LogP contribution in [0.2, 0.25) is 0 Å². The van der Waals surface area contributed by atoms with E-state index >= 15 is 0 Å². The van der Waals surface area contributed by atoms with E-state index in [1.807, 2.05) is 6.07 Å². The van der Waals surface area contributed by atoms with Gasteiger partial charge in [0.15, 0.2) is 5.82 Å². The predicted molar refractivity (Wildman–Crippen MR) is 78.6 cm³/mol. The van der Waals surface area contributed by atoms with Gasteiger partial charge >= 0.3 is 0 Å². The van der Waals surface area contributed by atoms with Crippen molar-refractivity contribution in [3.8, 4) is 0 Å². The molecule has 3 heterocycles. The van der Waals surface area contributed by atoms with E-state index in [9.17, 15) is 4.79 Å². The van der Waals surface area contributed by atoms with E-state index in [0.29, 0.717) is 24.8 Å². The third-order valence-electron chi connectivity index (χ3n) is 4.21. The van der Waals surface area contributed by atoms with Gasteiger partial charge in [-0.1, -0.05) is 5.16 Å². The molecular formula is C15H17N5O2. The van der Waals surface area contributed by atoms with Crippen LogP contribution in [0.15, 0.2) is 28.9 Å². The van der Waals surface area contributed by atoms with Crippen LogP contribution in [0.3, 0.4) is 0 Å². The first-order chi connectivity index (χ1) is 10.8. The number of carbonyl (C=O) groups is 1. The Hall–Kier alpha value is -2.44. The highest BCUT2D eigenvalue weighted by atomic mass is 16.5. The first-order valence-electron chi connectivity index (χ1n) is 7.60. The van der Waals surface area contributed by atoms with E-state index in [-0.39, 0.29) is 5.91 Å². The van der Waals surface area contributed by atoms with Crippen molar-refractivity contribution in [2.75, 3.05) is 31.1 Å². The summed E-state index contributed by atoms with van der Waals surface area (Å²) in [4.78, 5) is 16.1. The lowest BCUT2D eigenvalue weighted by atomic mass is 10.2. The fourth-order valence-electron chi connectivity index (χ4n) is 2.72. The van der Waals surface area contributed by atoms with Crippen LogP contribution < -0.4 is 4.90 Å². The summed E-state index contributed by atoms with van der Waals surface area (Å²) in [6.45, 7) is 2.78. The van der Waals surface area contributed by atoms with Crippen LogP contribution >= 0.6 is 0 Å². The molecule has 0 atom stereocenters. The predicted octanol–water partition coefficient (Wildman–Crippen LogP) is 1.30. The Labute approximate surface area is 127 Å². The number of aromatic nitrogens is 3. The van der Waals surface area contributed by atoms with Crippen molar-refractivity contribution < 1.29 is 9.32 Å². The molecule has 2 fully saturated rings. The molecule has 0 radical (unpaired) electrons. The van der Waals surface area contributed by atoms with Gasteiger partial charge in [0, 0.05) is 38.2 Å². The van der Waals surface area contributed by atoms with Crippen LogP contribution in [0, 0.1) is 0 Å². The zero-order valence-corrected chi connectivity index (χ0v) is 12.2. The van der Waals surface area contributed by atoms with E-state index in [4.69, 9.17) is 4.52 Å². The Morgan fingerprint density at radius 1 is 1.09 bits per heavy atom. The van der Waals surface area contributed by atoms with Gasteiger partial charge in [-0.05, 0) is 25.0 Å². The van der Waals surface area contributed by atoms with Gasteiger partial charge in [0.2, 0.25) is 5.76 Å². The molecule has 1 aliphatic heterocycles. The smallest absolute Gasteiger partial charge is 0.292 e. The molecule has 114 valence electrons. The molecule has 1 saturated heterocycles. The fraction of sp³-hybridized carbons (Fsp3) is 0.467. The van der Waals surface area contributed by atoms with Crippen molar-refractivity contribution >= 4 is 11.7 Å². The molecule has 22 heavy (non-hydrogen) atoms. The highest BCUT2D eigenvalue weighted by molar-refractivity contribution is 5.91. The minimum Gasteiger partial charge on any atom is -0.352 e. The lowest BCUT2D eigenvalue weighted by Crippen LogP contribution is -2.49. The Bertz CT molecular complexity index is 643. The van der Waals surface area contributed by atoms with E-state index < -0.39 is 0 Å². The summed E-state index contributed by atoms with van der Waals surface area (Å²) in [5.41, 5.74) is 1.10. The molecule has 0 aromatic carbocycles. The van der Waals surface area contributed by atoms with Crippen molar-refractivity contribution in [1.82, 2.24) is 20.3 Å². The number of piperazine rings is 1. The van der Waals surface area contributed by atoms with Crippen LogP contribution in [0.4, 0.5) is 5.82 Å². The van der Waals surface area contributed by atoms with Crippen molar-refractivity contribution in [3.63, 3.8) is 0 Å². The molecule has 2 aliphatic rings. The van der Waals surface area contributed by atoms with Crippen molar-refractivity contribution in [2.24, 2.45) is 0 Å². The molecular weight excluding hydrogens is 282 g/mol. The molecule has 0 spiro atoms. The zero-order valence-electron chi connectivity index (χ0n) is 12.2. The lowest BCUT2D eigenvalue weighted by Gasteiger charge is -2.34. The van der Waals surface area contributed by atoms with E-state index in [0.717, 1.165) is 24.6 Å². The maximum Gasteiger partial charge on any atom is 0.292 e. The summed E-state index contributed by atoms with van der Waals surface area (Å²) in [6, 6.07) is 5.71. The normalized spacial score (nSPS) is 18.5. The highest BCUT2D eigenvalue weighted by Crippen LogP contribution is 2.38. The maximum absolute atomic E-state index is 12.2. The van der Waals surface area contributed by atoms with E-state index in [1.54, 1.807) is 11.0 Å². The van der Waals surface area contributed by atoms with Gasteiger partial charge in [-0.25, -0.2) is 0 Å². The summed E-state index contributed by atoms with van der Waals surface area (Å²) >= 11 is 0.